The van der Waals surface area contributed by atoms with Gasteiger partial charge in [-0.2, -0.15) is 0 Å². The number of piperidine rings is 1. The standard InChI is InChI=1S/C33H43N3O2/c1-3-24-8-7-15-34(22-24)16-17-35-18-19-36-30-21-26(33(37)38)12-14-27(30)31(25-9-5-4-6-10-25)32(36)28-13-11-23(2)20-29(28)35/h11-14,20-21,24-25H,3-10,15-19,22H2,1-2H3,(H,37,38)/t24-/m0/s1. The molecule has 1 aliphatic carbocycles. The van der Waals surface area contributed by atoms with Crippen LogP contribution < -0.4 is 4.90 Å². The lowest BCUT2D eigenvalue weighted by atomic mass is 9.81. The molecule has 1 N–H and O–H groups in total. The number of hydrogen-bond donors (Lipinski definition) is 1. The Labute approximate surface area is 227 Å². The fourth-order valence-electron chi connectivity index (χ4n) is 7.46. The molecule has 1 saturated heterocycles. The van der Waals surface area contributed by atoms with Crippen LogP contribution in [0, 0.1) is 12.8 Å². The van der Waals surface area contributed by atoms with Crippen molar-refractivity contribution in [2.24, 2.45) is 5.92 Å². The molecule has 0 unspecified atom stereocenters. The number of carboxylic acid groups (broad SMARTS) is 1. The molecule has 3 heterocycles. The maximum absolute atomic E-state index is 11.9. The molecule has 2 aromatic carbocycles. The molecule has 202 valence electrons. The van der Waals surface area contributed by atoms with Crippen molar-refractivity contribution in [3.8, 4) is 11.3 Å². The first-order chi connectivity index (χ1) is 18.5. The Morgan fingerprint density at radius 1 is 0.947 bits per heavy atom. The lowest BCUT2D eigenvalue weighted by Crippen LogP contribution is -2.41. The Morgan fingerprint density at radius 3 is 2.58 bits per heavy atom. The van der Waals surface area contributed by atoms with Crippen molar-refractivity contribution >= 4 is 22.6 Å². The van der Waals surface area contributed by atoms with Gasteiger partial charge in [0.25, 0.3) is 0 Å². The predicted molar refractivity (Wildman–Crippen MR) is 157 cm³/mol. The highest BCUT2D eigenvalue weighted by Crippen LogP contribution is 2.47. The number of benzene rings is 2. The van der Waals surface area contributed by atoms with Crippen molar-refractivity contribution in [3.05, 3.63) is 53.1 Å². The number of carboxylic acids is 1. The van der Waals surface area contributed by atoms with E-state index in [4.69, 9.17) is 0 Å². The quantitative estimate of drug-likeness (QED) is 0.376. The predicted octanol–water partition coefficient (Wildman–Crippen LogP) is 7.30. The van der Waals surface area contributed by atoms with Crippen LogP contribution in [0.15, 0.2) is 36.4 Å². The van der Waals surface area contributed by atoms with Crippen molar-refractivity contribution in [1.82, 2.24) is 9.47 Å². The highest BCUT2D eigenvalue weighted by atomic mass is 16.4. The summed E-state index contributed by atoms with van der Waals surface area (Å²) < 4.78 is 2.47. The Morgan fingerprint density at radius 2 is 1.79 bits per heavy atom. The highest BCUT2D eigenvalue weighted by Gasteiger charge is 2.31. The zero-order valence-electron chi connectivity index (χ0n) is 23.2. The van der Waals surface area contributed by atoms with Gasteiger partial charge >= 0.3 is 5.97 Å². The second-order valence-corrected chi connectivity index (χ2v) is 12.0. The molecule has 1 saturated carbocycles. The Balaban J connectivity index is 1.43. The smallest absolute Gasteiger partial charge is 0.335 e. The van der Waals surface area contributed by atoms with Gasteiger partial charge in [-0.15, -0.1) is 0 Å². The van der Waals surface area contributed by atoms with Crippen LogP contribution in [0.25, 0.3) is 22.2 Å². The number of aromatic carboxylic acids is 1. The molecular weight excluding hydrogens is 470 g/mol. The second kappa shape index (κ2) is 10.8. The van der Waals surface area contributed by atoms with Crippen molar-refractivity contribution in [2.45, 2.75) is 77.7 Å². The number of nitrogens with zero attached hydrogens (tertiary/aromatic N) is 3. The Hall–Kier alpha value is -2.79. The summed E-state index contributed by atoms with van der Waals surface area (Å²) in [5.41, 5.74) is 8.26. The summed E-state index contributed by atoms with van der Waals surface area (Å²) in [7, 11) is 0. The van der Waals surface area contributed by atoms with Gasteiger partial charge in [0.15, 0.2) is 0 Å². The maximum Gasteiger partial charge on any atom is 0.335 e. The topological polar surface area (TPSA) is 48.7 Å². The number of carbonyl (C=O) groups is 1. The zero-order chi connectivity index (χ0) is 26.2. The number of rotatable bonds is 6. The third kappa shape index (κ3) is 4.75. The fourth-order valence-corrected chi connectivity index (χ4v) is 7.46. The van der Waals surface area contributed by atoms with Crippen LogP contribution in [0.1, 0.15) is 85.7 Å². The minimum absolute atomic E-state index is 0.383. The summed E-state index contributed by atoms with van der Waals surface area (Å²) in [5.74, 6) is 0.536. The highest BCUT2D eigenvalue weighted by molar-refractivity contribution is 5.99. The molecule has 1 atom stereocenters. The molecule has 38 heavy (non-hydrogen) atoms. The number of fused-ring (bicyclic) bond motifs is 5. The summed E-state index contributed by atoms with van der Waals surface area (Å²) in [4.78, 5) is 17.2. The summed E-state index contributed by atoms with van der Waals surface area (Å²) in [6.07, 6.45) is 10.3. The van der Waals surface area contributed by atoms with Crippen LogP contribution in [0.3, 0.4) is 0 Å². The zero-order valence-corrected chi connectivity index (χ0v) is 23.2. The number of hydrogen-bond acceptors (Lipinski definition) is 3. The Kier molecular flexibility index (Phi) is 7.22. The lowest BCUT2D eigenvalue weighted by molar-refractivity contribution is 0.0697. The fraction of sp³-hybridized carbons (Fsp3) is 0.545. The average Bonchev–Trinajstić information content (AvgIpc) is 3.18. The lowest BCUT2D eigenvalue weighted by Gasteiger charge is -2.34. The number of anilines is 1. The van der Waals surface area contributed by atoms with Crippen LogP contribution in [-0.2, 0) is 6.54 Å². The van der Waals surface area contributed by atoms with Crippen LogP contribution >= 0.6 is 0 Å². The Bertz CT molecular complexity index is 1320. The molecule has 5 nitrogen and oxygen atoms in total. The molecule has 0 radical (unpaired) electrons. The first-order valence-electron chi connectivity index (χ1n) is 15.0. The molecule has 6 rings (SSSR count). The number of aryl methyl sites for hydroxylation is 1. The molecule has 3 aliphatic rings. The van der Waals surface area contributed by atoms with Crippen molar-refractivity contribution < 1.29 is 9.90 Å². The molecule has 5 heteroatoms. The second-order valence-electron chi connectivity index (χ2n) is 12.0. The van der Waals surface area contributed by atoms with Gasteiger partial charge in [0.2, 0.25) is 0 Å². The van der Waals surface area contributed by atoms with Crippen molar-refractivity contribution in [2.75, 3.05) is 37.6 Å². The molecule has 0 bridgehead atoms. The van der Waals surface area contributed by atoms with Crippen molar-refractivity contribution in [1.29, 1.82) is 0 Å². The van der Waals surface area contributed by atoms with Crippen LogP contribution in [0.5, 0.6) is 0 Å². The van der Waals surface area contributed by atoms with E-state index in [9.17, 15) is 9.90 Å². The number of likely N-dealkylation sites (tertiary alicyclic amines) is 1. The van der Waals surface area contributed by atoms with E-state index in [0.717, 1.165) is 37.6 Å². The van der Waals surface area contributed by atoms with Crippen molar-refractivity contribution in [3.63, 3.8) is 0 Å². The number of aromatic nitrogens is 1. The van der Waals surface area contributed by atoms with E-state index < -0.39 is 5.97 Å². The average molecular weight is 514 g/mol. The van der Waals surface area contributed by atoms with Gasteiger partial charge in [0, 0.05) is 54.9 Å². The molecular formula is C33H43N3O2. The SMILES string of the molecule is CC[C@H]1CCCN(CCN2CCn3c(c(C4CCCCC4)c4ccc(C(=O)O)cc43)-c3ccc(C)cc32)C1. The van der Waals surface area contributed by atoms with E-state index in [1.54, 1.807) is 6.07 Å². The maximum atomic E-state index is 11.9. The van der Waals surface area contributed by atoms with E-state index in [0.29, 0.717) is 11.5 Å². The molecule has 0 spiro atoms. The largest absolute Gasteiger partial charge is 0.478 e. The molecule has 2 aliphatic heterocycles. The van der Waals surface area contributed by atoms with Gasteiger partial charge in [-0.1, -0.05) is 50.8 Å². The van der Waals surface area contributed by atoms with Gasteiger partial charge < -0.3 is 19.5 Å². The molecule has 3 aromatic rings. The minimum Gasteiger partial charge on any atom is -0.478 e. The van der Waals surface area contributed by atoms with E-state index in [-0.39, 0.29) is 0 Å². The van der Waals surface area contributed by atoms with E-state index in [1.165, 1.54) is 97.9 Å². The summed E-state index contributed by atoms with van der Waals surface area (Å²) in [6, 6.07) is 12.8. The van der Waals surface area contributed by atoms with Crippen LogP contribution in [0.2, 0.25) is 0 Å². The minimum atomic E-state index is -0.847. The molecule has 0 amide bonds. The van der Waals surface area contributed by atoms with E-state index in [1.807, 2.05) is 6.07 Å². The van der Waals surface area contributed by atoms with Gasteiger partial charge in [-0.05, 0) is 80.3 Å². The molecule has 1 aromatic heterocycles. The monoisotopic (exact) mass is 513 g/mol. The third-order valence-corrected chi connectivity index (χ3v) is 9.57. The van der Waals surface area contributed by atoms with Crippen LogP contribution in [0.4, 0.5) is 5.69 Å². The van der Waals surface area contributed by atoms with Gasteiger partial charge in [0.05, 0.1) is 11.3 Å². The van der Waals surface area contributed by atoms with Crippen LogP contribution in [-0.4, -0.2) is 53.3 Å². The summed E-state index contributed by atoms with van der Waals surface area (Å²) in [5, 5.41) is 11.1. The van der Waals surface area contributed by atoms with Gasteiger partial charge in [0.1, 0.15) is 0 Å². The summed E-state index contributed by atoms with van der Waals surface area (Å²) >= 11 is 0. The van der Waals surface area contributed by atoms with E-state index in [2.05, 4.69) is 52.5 Å². The normalized spacial score (nSPS) is 20.8. The third-order valence-electron chi connectivity index (χ3n) is 9.57. The first kappa shape index (κ1) is 25.5. The van der Waals surface area contributed by atoms with Gasteiger partial charge in [-0.3, -0.25) is 0 Å². The van der Waals surface area contributed by atoms with Gasteiger partial charge in [-0.25, -0.2) is 4.79 Å². The van der Waals surface area contributed by atoms with E-state index >= 15 is 0 Å². The summed E-state index contributed by atoms with van der Waals surface area (Å²) in [6.45, 7) is 11.0. The molecule has 2 fully saturated rings. The first-order valence-corrected chi connectivity index (χ1v) is 15.0.